The summed E-state index contributed by atoms with van der Waals surface area (Å²) in [5, 5.41) is 5.89. The van der Waals surface area contributed by atoms with E-state index in [2.05, 4.69) is 10.6 Å². The van der Waals surface area contributed by atoms with Crippen LogP contribution in [-0.4, -0.2) is 24.9 Å². The SMILES string of the molecule is Cc1cccc(C(=O)NCCNC(=O)c2ccccc2Cl)c1. The highest BCUT2D eigenvalue weighted by Gasteiger charge is 2.09. The van der Waals surface area contributed by atoms with Gasteiger partial charge in [-0.3, -0.25) is 9.59 Å². The monoisotopic (exact) mass is 316 g/mol. The third-order valence-corrected chi connectivity index (χ3v) is 3.42. The summed E-state index contributed by atoms with van der Waals surface area (Å²) in [7, 11) is 0. The molecule has 0 spiro atoms. The van der Waals surface area contributed by atoms with Crippen LogP contribution in [0.25, 0.3) is 0 Å². The maximum atomic E-state index is 11.9. The summed E-state index contributed by atoms with van der Waals surface area (Å²) in [5.74, 6) is -0.411. The predicted octanol–water partition coefficient (Wildman–Crippen LogP) is 2.81. The van der Waals surface area contributed by atoms with Crippen LogP contribution in [0.4, 0.5) is 0 Å². The Morgan fingerprint density at radius 1 is 0.955 bits per heavy atom. The van der Waals surface area contributed by atoms with E-state index in [9.17, 15) is 9.59 Å². The first-order valence-electron chi connectivity index (χ1n) is 6.95. The van der Waals surface area contributed by atoms with Crippen LogP contribution in [0.15, 0.2) is 48.5 Å². The van der Waals surface area contributed by atoms with Gasteiger partial charge in [0.25, 0.3) is 11.8 Å². The largest absolute Gasteiger partial charge is 0.350 e. The Morgan fingerprint density at radius 3 is 2.32 bits per heavy atom. The molecule has 2 amide bonds. The molecule has 0 radical (unpaired) electrons. The number of aryl methyl sites for hydroxylation is 1. The average Bonchev–Trinajstić information content (AvgIpc) is 2.51. The molecule has 0 saturated carbocycles. The fourth-order valence-corrected chi connectivity index (χ4v) is 2.20. The lowest BCUT2D eigenvalue weighted by molar-refractivity contribution is 0.0927. The molecule has 0 fully saturated rings. The van der Waals surface area contributed by atoms with E-state index in [4.69, 9.17) is 11.6 Å². The molecule has 4 nitrogen and oxygen atoms in total. The van der Waals surface area contributed by atoms with E-state index < -0.39 is 0 Å². The second kappa shape index (κ2) is 7.61. The summed E-state index contributed by atoms with van der Waals surface area (Å²) in [5.41, 5.74) is 2.06. The van der Waals surface area contributed by atoms with Gasteiger partial charge in [0.05, 0.1) is 10.6 Å². The minimum atomic E-state index is -0.254. The number of carbonyl (C=O) groups is 2. The number of rotatable bonds is 5. The van der Waals surface area contributed by atoms with Crippen molar-refractivity contribution in [2.75, 3.05) is 13.1 Å². The van der Waals surface area contributed by atoms with Gasteiger partial charge in [-0.05, 0) is 31.2 Å². The third kappa shape index (κ3) is 4.33. The number of halogens is 1. The first-order chi connectivity index (χ1) is 10.6. The molecule has 2 aromatic rings. The lowest BCUT2D eigenvalue weighted by Gasteiger charge is -2.08. The molecule has 0 aliphatic carbocycles. The number of carbonyl (C=O) groups excluding carboxylic acids is 2. The number of nitrogens with one attached hydrogen (secondary N) is 2. The van der Waals surface area contributed by atoms with E-state index in [0.717, 1.165) is 5.56 Å². The number of hydrogen-bond acceptors (Lipinski definition) is 2. The first kappa shape index (κ1) is 16.0. The second-order valence-corrected chi connectivity index (χ2v) is 5.27. The Bertz CT molecular complexity index is 686. The number of amides is 2. The van der Waals surface area contributed by atoms with Gasteiger partial charge in [-0.15, -0.1) is 0 Å². The molecule has 0 bridgehead atoms. The van der Waals surface area contributed by atoms with Gasteiger partial charge < -0.3 is 10.6 Å². The predicted molar refractivity (Wildman–Crippen MR) is 87.3 cm³/mol. The Labute approximate surface area is 134 Å². The van der Waals surface area contributed by atoms with E-state index in [0.29, 0.717) is 29.2 Å². The van der Waals surface area contributed by atoms with E-state index in [1.54, 1.807) is 30.3 Å². The van der Waals surface area contributed by atoms with E-state index in [1.807, 2.05) is 25.1 Å². The van der Waals surface area contributed by atoms with Crippen molar-refractivity contribution in [1.82, 2.24) is 10.6 Å². The maximum absolute atomic E-state index is 11.9. The van der Waals surface area contributed by atoms with Crippen molar-refractivity contribution < 1.29 is 9.59 Å². The first-order valence-corrected chi connectivity index (χ1v) is 7.33. The molecule has 2 N–H and O–H groups in total. The van der Waals surface area contributed by atoms with Crippen molar-refractivity contribution in [2.24, 2.45) is 0 Å². The Morgan fingerprint density at radius 2 is 1.64 bits per heavy atom. The Hall–Kier alpha value is -2.33. The zero-order chi connectivity index (χ0) is 15.9. The van der Waals surface area contributed by atoms with Gasteiger partial charge >= 0.3 is 0 Å². The van der Waals surface area contributed by atoms with Gasteiger partial charge in [0, 0.05) is 18.7 Å². The third-order valence-electron chi connectivity index (χ3n) is 3.09. The van der Waals surface area contributed by atoms with Gasteiger partial charge in [0.2, 0.25) is 0 Å². The molecule has 2 rings (SSSR count). The lowest BCUT2D eigenvalue weighted by atomic mass is 10.1. The van der Waals surface area contributed by atoms with Crippen LogP contribution in [0.3, 0.4) is 0 Å². The summed E-state index contributed by atoms with van der Waals surface area (Å²) in [6, 6.07) is 14.2. The molecule has 0 aliphatic heterocycles. The number of hydrogen-bond donors (Lipinski definition) is 2. The highest BCUT2D eigenvalue weighted by Crippen LogP contribution is 2.14. The summed E-state index contributed by atoms with van der Waals surface area (Å²) < 4.78 is 0. The van der Waals surface area contributed by atoms with Crippen molar-refractivity contribution in [2.45, 2.75) is 6.92 Å². The highest BCUT2D eigenvalue weighted by atomic mass is 35.5. The van der Waals surface area contributed by atoms with E-state index >= 15 is 0 Å². The molecule has 0 atom stereocenters. The topological polar surface area (TPSA) is 58.2 Å². The lowest BCUT2D eigenvalue weighted by Crippen LogP contribution is -2.34. The molecule has 22 heavy (non-hydrogen) atoms. The molecule has 0 aliphatic rings. The van der Waals surface area contributed by atoms with Crippen molar-refractivity contribution in [3.8, 4) is 0 Å². The average molecular weight is 317 g/mol. The highest BCUT2D eigenvalue weighted by molar-refractivity contribution is 6.33. The van der Waals surface area contributed by atoms with Crippen LogP contribution in [0.1, 0.15) is 26.3 Å². The molecule has 5 heteroatoms. The molecular formula is C17H17ClN2O2. The Balaban J connectivity index is 1.79. The van der Waals surface area contributed by atoms with Crippen LogP contribution in [0, 0.1) is 6.92 Å². The summed E-state index contributed by atoms with van der Waals surface area (Å²) in [6.07, 6.45) is 0. The minimum absolute atomic E-state index is 0.157. The van der Waals surface area contributed by atoms with E-state index in [-0.39, 0.29) is 11.8 Å². The second-order valence-electron chi connectivity index (χ2n) is 4.86. The van der Waals surface area contributed by atoms with Crippen molar-refractivity contribution in [1.29, 1.82) is 0 Å². The summed E-state index contributed by atoms with van der Waals surface area (Å²) in [4.78, 5) is 23.8. The molecule has 0 aromatic heterocycles. The maximum Gasteiger partial charge on any atom is 0.252 e. The van der Waals surface area contributed by atoms with Crippen LogP contribution < -0.4 is 10.6 Å². The van der Waals surface area contributed by atoms with Crippen molar-refractivity contribution in [3.63, 3.8) is 0 Å². The molecule has 2 aromatic carbocycles. The number of benzene rings is 2. The minimum Gasteiger partial charge on any atom is -0.350 e. The normalized spacial score (nSPS) is 10.1. The van der Waals surface area contributed by atoms with Crippen molar-refractivity contribution >= 4 is 23.4 Å². The summed E-state index contributed by atoms with van der Waals surface area (Å²) in [6.45, 7) is 2.62. The van der Waals surface area contributed by atoms with Crippen molar-refractivity contribution in [3.05, 3.63) is 70.2 Å². The van der Waals surface area contributed by atoms with Gasteiger partial charge in [-0.1, -0.05) is 41.4 Å². The zero-order valence-corrected chi connectivity index (χ0v) is 13.0. The van der Waals surface area contributed by atoms with Crippen LogP contribution in [0.5, 0.6) is 0 Å². The molecular weight excluding hydrogens is 300 g/mol. The molecule has 114 valence electrons. The van der Waals surface area contributed by atoms with Gasteiger partial charge in [-0.2, -0.15) is 0 Å². The fraction of sp³-hybridized carbons (Fsp3) is 0.176. The molecule has 0 unspecified atom stereocenters. The smallest absolute Gasteiger partial charge is 0.252 e. The van der Waals surface area contributed by atoms with Gasteiger partial charge in [0.15, 0.2) is 0 Å². The Kier molecular flexibility index (Phi) is 5.55. The van der Waals surface area contributed by atoms with Crippen LogP contribution in [0.2, 0.25) is 5.02 Å². The van der Waals surface area contributed by atoms with Crippen LogP contribution in [-0.2, 0) is 0 Å². The summed E-state index contributed by atoms with van der Waals surface area (Å²) >= 11 is 5.95. The van der Waals surface area contributed by atoms with Gasteiger partial charge in [0.1, 0.15) is 0 Å². The molecule has 0 heterocycles. The van der Waals surface area contributed by atoms with Gasteiger partial charge in [-0.25, -0.2) is 0 Å². The standard InChI is InChI=1S/C17H17ClN2O2/c1-12-5-4-6-13(11-12)16(21)19-9-10-20-17(22)14-7-2-3-8-15(14)18/h2-8,11H,9-10H2,1H3,(H,19,21)(H,20,22). The van der Waals surface area contributed by atoms with Crippen LogP contribution >= 0.6 is 11.6 Å². The molecule has 0 saturated heterocycles. The zero-order valence-electron chi connectivity index (χ0n) is 12.2. The fourth-order valence-electron chi connectivity index (χ4n) is 1.98. The van der Waals surface area contributed by atoms with E-state index in [1.165, 1.54) is 0 Å². The quantitative estimate of drug-likeness (QED) is 0.833.